The van der Waals surface area contributed by atoms with Gasteiger partial charge in [-0.3, -0.25) is 4.79 Å². The standard InChI is InChI=1S/C14H14ClN3O4/c1-17-10-2-4-16-11(15)8(10)6-9(12(17)19)14(22)3-5-18(7-14)13(20)21/h2,4,6,22H,3,5,7H2,1H3,(H,20,21). The highest BCUT2D eigenvalue weighted by Crippen LogP contribution is 2.32. The maximum atomic E-state index is 12.5. The third kappa shape index (κ3) is 2.13. The van der Waals surface area contributed by atoms with Crippen molar-refractivity contribution in [1.29, 1.82) is 0 Å². The van der Waals surface area contributed by atoms with Gasteiger partial charge in [-0.05, 0) is 12.1 Å². The number of aryl methyl sites for hydroxylation is 1. The van der Waals surface area contributed by atoms with Gasteiger partial charge < -0.3 is 19.7 Å². The fraction of sp³-hybridized carbons (Fsp3) is 0.357. The van der Waals surface area contributed by atoms with Gasteiger partial charge in [0.05, 0.1) is 17.6 Å². The van der Waals surface area contributed by atoms with Crippen LogP contribution in [0.4, 0.5) is 4.79 Å². The molecule has 0 bridgehead atoms. The molecule has 2 aromatic rings. The van der Waals surface area contributed by atoms with Gasteiger partial charge in [0.2, 0.25) is 0 Å². The van der Waals surface area contributed by atoms with Crippen molar-refractivity contribution >= 4 is 28.6 Å². The molecule has 0 aromatic carbocycles. The number of amides is 1. The number of β-amino-alcohol motifs (C(OH)–C–C–N with tert-alkyl or cyclic N) is 1. The number of carbonyl (C=O) groups is 1. The Kier molecular flexibility index (Phi) is 3.34. The number of nitrogens with zero attached hydrogens (tertiary/aromatic N) is 3. The summed E-state index contributed by atoms with van der Waals surface area (Å²) in [6, 6.07) is 3.17. The highest BCUT2D eigenvalue weighted by Gasteiger charge is 2.42. The Bertz CT molecular complexity index is 835. The normalized spacial score (nSPS) is 21.5. The van der Waals surface area contributed by atoms with E-state index >= 15 is 0 Å². The van der Waals surface area contributed by atoms with Crippen LogP contribution in [0.25, 0.3) is 10.9 Å². The van der Waals surface area contributed by atoms with Crippen LogP contribution in [0.2, 0.25) is 5.15 Å². The molecule has 7 nitrogen and oxygen atoms in total. The summed E-state index contributed by atoms with van der Waals surface area (Å²) in [6.45, 7) is 0.0365. The minimum absolute atomic E-state index is 0.138. The number of halogens is 1. The van der Waals surface area contributed by atoms with E-state index in [2.05, 4.69) is 4.98 Å². The van der Waals surface area contributed by atoms with Crippen LogP contribution in [0.5, 0.6) is 0 Å². The smallest absolute Gasteiger partial charge is 0.407 e. The van der Waals surface area contributed by atoms with Crippen LogP contribution in [0, 0.1) is 0 Å². The first-order valence-corrected chi connectivity index (χ1v) is 7.06. The highest BCUT2D eigenvalue weighted by atomic mass is 35.5. The molecule has 0 spiro atoms. The Morgan fingerprint density at radius 1 is 1.50 bits per heavy atom. The lowest BCUT2D eigenvalue weighted by molar-refractivity contribution is 0.0444. The molecule has 2 aromatic heterocycles. The van der Waals surface area contributed by atoms with Crippen LogP contribution in [-0.4, -0.2) is 43.8 Å². The first kappa shape index (κ1) is 14.8. The Morgan fingerprint density at radius 2 is 2.23 bits per heavy atom. The van der Waals surface area contributed by atoms with Crippen molar-refractivity contribution in [2.75, 3.05) is 13.1 Å². The predicted octanol–water partition coefficient (Wildman–Crippen LogP) is 1.16. The van der Waals surface area contributed by atoms with Crippen molar-refractivity contribution in [3.05, 3.63) is 39.4 Å². The summed E-state index contributed by atoms with van der Waals surface area (Å²) >= 11 is 6.07. The molecule has 1 atom stereocenters. The van der Waals surface area contributed by atoms with Gasteiger partial charge in [0, 0.05) is 31.6 Å². The molecular weight excluding hydrogens is 310 g/mol. The van der Waals surface area contributed by atoms with E-state index in [1.807, 2.05) is 0 Å². The van der Waals surface area contributed by atoms with Crippen LogP contribution in [0.3, 0.4) is 0 Å². The molecule has 1 fully saturated rings. The molecule has 0 aliphatic carbocycles. The molecule has 1 unspecified atom stereocenters. The van der Waals surface area contributed by atoms with Crippen LogP contribution in [0.15, 0.2) is 23.1 Å². The van der Waals surface area contributed by atoms with Gasteiger partial charge in [-0.1, -0.05) is 11.6 Å². The number of carboxylic acid groups (broad SMARTS) is 1. The molecule has 3 heterocycles. The van der Waals surface area contributed by atoms with E-state index in [0.29, 0.717) is 10.9 Å². The number of pyridine rings is 2. The van der Waals surface area contributed by atoms with Gasteiger partial charge in [-0.15, -0.1) is 0 Å². The molecule has 1 amide bonds. The topological polar surface area (TPSA) is 95.7 Å². The van der Waals surface area contributed by atoms with Crippen molar-refractivity contribution < 1.29 is 15.0 Å². The second kappa shape index (κ2) is 4.96. The van der Waals surface area contributed by atoms with E-state index in [1.54, 1.807) is 13.1 Å². The first-order chi connectivity index (χ1) is 10.3. The Labute approximate surface area is 130 Å². The number of hydrogen-bond acceptors (Lipinski definition) is 4. The molecule has 1 saturated heterocycles. The lowest BCUT2D eigenvalue weighted by Gasteiger charge is -2.23. The Morgan fingerprint density at radius 3 is 2.86 bits per heavy atom. The molecule has 0 saturated carbocycles. The maximum Gasteiger partial charge on any atom is 0.407 e. The predicted molar refractivity (Wildman–Crippen MR) is 80.1 cm³/mol. The monoisotopic (exact) mass is 323 g/mol. The molecule has 3 rings (SSSR count). The van der Waals surface area contributed by atoms with Crippen molar-refractivity contribution in [2.45, 2.75) is 12.0 Å². The molecular formula is C14H14ClN3O4. The van der Waals surface area contributed by atoms with Crippen molar-refractivity contribution in [3.8, 4) is 0 Å². The summed E-state index contributed by atoms with van der Waals surface area (Å²) in [5.41, 5.74) is -1.14. The molecule has 1 aliphatic rings. The van der Waals surface area contributed by atoms with Crippen LogP contribution >= 0.6 is 11.6 Å². The number of aromatic nitrogens is 2. The van der Waals surface area contributed by atoms with E-state index in [0.717, 1.165) is 4.90 Å². The first-order valence-electron chi connectivity index (χ1n) is 6.68. The van der Waals surface area contributed by atoms with E-state index in [9.17, 15) is 14.7 Å². The number of fused-ring (bicyclic) bond motifs is 1. The van der Waals surface area contributed by atoms with Gasteiger partial charge in [0.15, 0.2) is 0 Å². The van der Waals surface area contributed by atoms with E-state index < -0.39 is 11.7 Å². The number of rotatable bonds is 1. The molecule has 8 heteroatoms. The number of aliphatic hydroxyl groups is 1. The molecule has 1 aliphatic heterocycles. The van der Waals surface area contributed by atoms with Gasteiger partial charge in [0.25, 0.3) is 5.56 Å². The average molecular weight is 324 g/mol. The summed E-state index contributed by atoms with van der Waals surface area (Å²) < 4.78 is 1.39. The van der Waals surface area contributed by atoms with Gasteiger partial charge >= 0.3 is 6.09 Å². The second-order valence-corrected chi connectivity index (χ2v) is 5.80. The minimum atomic E-state index is -1.51. The van der Waals surface area contributed by atoms with Crippen molar-refractivity contribution in [1.82, 2.24) is 14.5 Å². The van der Waals surface area contributed by atoms with Crippen molar-refractivity contribution in [2.24, 2.45) is 7.05 Å². The molecule has 22 heavy (non-hydrogen) atoms. The summed E-state index contributed by atoms with van der Waals surface area (Å²) in [4.78, 5) is 28.6. The number of hydrogen-bond donors (Lipinski definition) is 2. The fourth-order valence-corrected chi connectivity index (χ4v) is 3.08. The van der Waals surface area contributed by atoms with E-state index in [-0.39, 0.29) is 35.8 Å². The quantitative estimate of drug-likeness (QED) is 0.768. The Balaban J connectivity index is 2.20. The van der Waals surface area contributed by atoms with E-state index in [1.165, 1.54) is 16.8 Å². The summed E-state index contributed by atoms with van der Waals surface area (Å²) in [6.07, 6.45) is 0.547. The zero-order valence-corrected chi connectivity index (χ0v) is 12.5. The average Bonchev–Trinajstić information content (AvgIpc) is 2.87. The maximum absolute atomic E-state index is 12.5. The lowest BCUT2D eigenvalue weighted by Crippen LogP contribution is -2.39. The third-order valence-corrected chi connectivity index (χ3v) is 4.42. The second-order valence-electron chi connectivity index (χ2n) is 5.44. The Hall–Kier alpha value is -2.12. The van der Waals surface area contributed by atoms with E-state index in [4.69, 9.17) is 16.7 Å². The van der Waals surface area contributed by atoms with Gasteiger partial charge in [-0.25, -0.2) is 9.78 Å². The van der Waals surface area contributed by atoms with Gasteiger partial charge in [-0.2, -0.15) is 0 Å². The largest absolute Gasteiger partial charge is 0.465 e. The summed E-state index contributed by atoms with van der Waals surface area (Å²) in [7, 11) is 1.58. The SMILES string of the molecule is Cn1c(=O)c(C2(O)CCN(C(=O)O)C2)cc2c(Cl)nccc21. The van der Waals surface area contributed by atoms with Crippen LogP contribution in [-0.2, 0) is 12.6 Å². The van der Waals surface area contributed by atoms with Gasteiger partial charge in [0.1, 0.15) is 10.8 Å². The minimum Gasteiger partial charge on any atom is -0.465 e. The summed E-state index contributed by atoms with van der Waals surface area (Å²) in [5, 5.41) is 20.6. The van der Waals surface area contributed by atoms with Crippen LogP contribution < -0.4 is 5.56 Å². The molecule has 2 N–H and O–H groups in total. The zero-order valence-electron chi connectivity index (χ0n) is 11.8. The fourth-order valence-electron chi connectivity index (χ4n) is 2.87. The highest BCUT2D eigenvalue weighted by molar-refractivity contribution is 6.34. The number of likely N-dealkylation sites (tertiary alicyclic amines) is 1. The third-order valence-electron chi connectivity index (χ3n) is 4.12. The van der Waals surface area contributed by atoms with Crippen molar-refractivity contribution in [3.63, 3.8) is 0 Å². The van der Waals surface area contributed by atoms with Crippen LogP contribution in [0.1, 0.15) is 12.0 Å². The molecule has 116 valence electrons. The zero-order chi connectivity index (χ0) is 16.1. The lowest BCUT2D eigenvalue weighted by atomic mass is 9.93. The summed E-state index contributed by atoms with van der Waals surface area (Å²) in [5.74, 6) is 0. The molecule has 0 radical (unpaired) electrons.